The number of hydrogen-bond acceptors (Lipinski definition) is 3. The van der Waals surface area contributed by atoms with Crippen molar-refractivity contribution in [1.29, 1.82) is 0 Å². The van der Waals surface area contributed by atoms with Gasteiger partial charge in [0.25, 0.3) is 0 Å². The van der Waals surface area contributed by atoms with Crippen molar-refractivity contribution in [2.75, 3.05) is 31.1 Å². The summed E-state index contributed by atoms with van der Waals surface area (Å²) in [5, 5.41) is 3.38. The fourth-order valence-electron chi connectivity index (χ4n) is 2.67. The number of hydrogen-bond donors (Lipinski definition) is 1. The lowest BCUT2D eigenvalue weighted by molar-refractivity contribution is 0.589. The molecule has 0 aliphatic carbocycles. The molecule has 4 heteroatoms. The maximum absolute atomic E-state index is 4.71. The Balaban J connectivity index is 2.00. The van der Waals surface area contributed by atoms with Gasteiger partial charge >= 0.3 is 0 Å². The van der Waals surface area contributed by atoms with Crippen molar-refractivity contribution >= 4 is 16.7 Å². The van der Waals surface area contributed by atoms with Crippen LogP contribution in [0.4, 0.5) is 5.69 Å². The highest BCUT2D eigenvalue weighted by Crippen LogP contribution is 2.22. The fourth-order valence-corrected chi connectivity index (χ4v) is 2.67. The molecule has 0 saturated carbocycles. The van der Waals surface area contributed by atoms with Crippen LogP contribution in [-0.4, -0.2) is 35.7 Å². The number of benzene rings is 1. The normalized spacial score (nSPS) is 16.4. The van der Waals surface area contributed by atoms with E-state index < -0.39 is 0 Å². The molecule has 3 rings (SSSR count). The van der Waals surface area contributed by atoms with E-state index in [0.29, 0.717) is 0 Å². The molecule has 96 valence electrons. The minimum atomic E-state index is 0.980. The third-order valence-electron chi connectivity index (χ3n) is 3.76. The summed E-state index contributed by atoms with van der Waals surface area (Å²) in [4.78, 5) is 7.13. The molecular formula is C14H20N4. The van der Waals surface area contributed by atoms with Gasteiger partial charge in [-0.2, -0.15) is 0 Å². The first-order valence-corrected chi connectivity index (χ1v) is 6.70. The second-order valence-corrected chi connectivity index (χ2v) is 4.85. The smallest absolute Gasteiger partial charge is 0.109 e. The Kier molecular flexibility index (Phi) is 2.96. The zero-order valence-electron chi connectivity index (χ0n) is 11.1. The minimum Gasteiger partial charge on any atom is -0.369 e. The Morgan fingerprint density at radius 2 is 2.06 bits per heavy atom. The SMILES string of the molecule is CCc1nc2cc(N3CCNCC3)ccc2n1C. The Morgan fingerprint density at radius 3 is 2.78 bits per heavy atom. The first-order valence-electron chi connectivity index (χ1n) is 6.70. The molecule has 1 saturated heterocycles. The van der Waals surface area contributed by atoms with Crippen molar-refractivity contribution < 1.29 is 0 Å². The zero-order valence-corrected chi connectivity index (χ0v) is 11.1. The van der Waals surface area contributed by atoms with E-state index in [4.69, 9.17) is 4.98 Å². The van der Waals surface area contributed by atoms with Gasteiger partial charge in [0.1, 0.15) is 5.82 Å². The lowest BCUT2D eigenvalue weighted by Crippen LogP contribution is -2.43. The van der Waals surface area contributed by atoms with Crippen molar-refractivity contribution in [3.8, 4) is 0 Å². The van der Waals surface area contributed by atoms with Crippen LogP contribution in [0.3, 0.4) is 0 Å². The van der Waals surface area contributed by atoms with Crippen molar-refractivity contribution in [3.63, 3.8) is 0 Å². The van der Waals surface area contributed by atoms with Crippen molar-refractivity contribution in [2.45, 2.75) is 13.3 Å². The first kappa shape index (κ1) is 11.5. The van der Waals surface area contributed by atoms with E-state index in [1.807, 2.05) is 0 Å². The van der Waals surface area contributed by atoms with Gasteiger partial charge in [0.2, 0.25) is 0 Å². The number of nitrogens with one attached hydrogen (secondary N) is 1. The summed E-state index contributed by atoms with van der Waals surface area (Å²) >= 11 is 0. The van der Waals surface area contributed by atoms with E-state index in [1.54, 1.807) is 0 Å². The maximum Gasteiger partial charge on any atom is 0.109 e. The first-order chi connectivity index (χ1) is 8.79. The molecule has 1 fully saturated rings. The van der Waals surface area contributed by atoms with E-state index in [2.05, 4.69) is 47.0 Å². The molecule has 0 atom stereocenters. The zero-order chi connectivity index (χ0) is 12.5. The van der Waals surface area contributed by atoms with Crippen molar-refractivity contribution in [1.82, 2.24) is 14.9 Å². The van der Waals surface area contributed by atoms with Gasteiger partial charge in [-0.1, -0.05) is 6.92 Å². The molecule has 0 spiro atoms. The van der Waals surface area contributed by atoms with Crippen LogP contribution in [0.2, 0.25) is 0 Å². The quantitative estimate of drug-likeness (QED) is 0.870. The lowest BCUT2D eigenvalue weighted by atomic mass is 10.2. The van der Waals surface area contributed by atoms with E-state index in [9.17, 15) is 0 Å². The summed E-state index contributed by atoms with van der Waals surface area (Å²) in [6.45, 7) is 6.46. The summed E-state index contributed by atoms with van der Waals surface area (Å²) in [5.74, 6) is 1.16. The molecule has 1 aliphatic rings. The Bertz CT molecular complexity index is 552. The predicted molar refractivity (Wildman–Crippen MR) is 75.2 cm³/mol. The Labute approximate surface area is 108 Å². The largest absolute Gasteiger partial charge is 0.369 e. The summed E-state index contributed by atoms with van der Waals surface area (Å²) in [6.07, 6.45) is 0.980. The highest BCUT2D eigenvalue weighted by Gasteiger charge is 2.12. The second kappa shape index (κ2) is 4.61. The standard InChI is InChI=1S/C14H20N4/c1-3-14-16-12-10-11(4-5-13(12)17(14)2)18-8-6-15-7-9-18/h4-5,10,15H,3,6-9H2,1-2H3. The Hall–Kier alpha value is -1.55. The molecule has 1 aliphatic heterocycles. The molecule has 2 aromatic rings. The number of piperazine rings is 1. The van der Waals surface area contributed by atoms with Crippen LogP contribution in [0.5, 0.6) is 0 Å². The average Bonchev–Trinajstić information content (AvgIpc) is 2.76. The third-order valence-corrected chi connectivity index (χ3v) is 3.76. The summed E-state index contributed by atoms with van der Waals surface area (Å²) < 4.78 is 2.19. The maximum atomic E-state index is 4.71. The van der Waals surface area contributed by atoms with Gasteiger partial charge in [-0.15, -0.1) is 0 Å². The number of aromatic nitrogens is 2. The van der Waals surface area contributed by atoms with Crippen LogP contribution < -0.4 is 10.2 Å². The van der Waals surface area contributed by atoms with Crippen LogP contribution >= 0.6 is 0 Å². The molecule has 0 amide bonds. The van der Waals surface area contributed by atoms with Crippen LogP contribution in [-0.2, 0) is 13.5 Å². The number of anilines is 1. The van der Waals surface area contributed by atoms with E-state index in [-0.39, 0.29) is 0 Å². The monoisotopic (exact) mass is 244 g/mol. The number of aryl methyl sites for hydroxylation is 2. The van der Waals surface area contributed by atoms with Crippen LogP contribution in [0.1, 0.15) is 12.7 Å². The summed E-state index contributed by atoms with van der Waals surface area (Å²) in [7, 11) is 2.10. The molecule has 2 heterocycles. The number of imidazole rings is 1. The van der Waals surface area contributed by atoms with Gasteiger partial charge in [-0.3, -0.25) is 0 Å². The molecule has 0 unspecified atom stereocenters. The topological polar surface area (TPSA) is 33.1 Å². The number of rotatable bonds is 2. The average molecular weight is 244 g/mol. The van der Waals surface area contributed by atoms with Gasteiger partial charge in [0.15, 0.2) is 0 Å². The molecule has 1 N–H and O–H groups in total. The molecule has 4 nitrogen and oxygen atoms in total. The van der Waals surface area contributed by atoms with Gasteiger partial charge in [-0.05, 0) is 18.2 Å². The highest BCUT2D eigenvalue weighted by atomic mass is 15.2. The van der Waals surface area contributed by atoms with Gasteiger partial charge in [-0.25, -0.2) is 4.98 Å². The van der Waals surface area contributed by atoms with E-state index >= 15 is 0 Å². The number of fused-ring (bicyclic) bond motifs is 1. The molecule has 0 bridgehead atoms. The highest BCUT2D eigenvalue weighted by molar-refractivity contribution is 5.80. The second-order valence-electron chi connectivity index (χ2n) is 4.85. The van der Waals surface area contributed by atoms with Crippen molar-refractivity contribution in [2.24, 2.45) is 7.05 Å². The molecule has 1 aromatic carbocycles. The van der Waals surface area contributed by atoms with E-state index in [0.717, 1.165) is 43.9 Å². The van der Waals surface area contributed by atoms with Crippen LogP contribution in [0.25, 0.3) is 11.0 Å². The summed E-state index contributed by atoms with van der Waals surface area (Å²) in [5.41, 5.74) is 3.64. The van der Waals surface area contributed by atoms with Gasteiger partial charge < -0.3 is 14.8 Å². The van der Waals surface area contributed by atoms with Crippen molar-refractivity contribution in [3.05, 3.63) is 24.0 Å². The fraction of sp³-hybridized carbons (Fsp3) is 0.500. The molecule has 0 radical (unpaired) electrons. The minimum absolute atomic E-state index is 0.980. The van der Waals surface area contributed by atoms with E-state index in [1.165, 1.54) is 11.2 Å². The lowest BCUT2D eigenvalue weighted by Gasteiger charge is -2.29. The van der Waals surface area contributed by atoms with Gasteiger partial charge in [0, 0.05) is 45.3 Å². The third kappa shape index (κ3) is 1.86. The molecular weight excluding hydrogens is 224 g/mol. The number of nitrogens with zero attached hydrogens (tertiary/aromatic N) is 3. The Morgan fingerprint density at radius 1 is 1.28 bits per heavy atom. The van der Waals surface area contributed by atoms with Gasteiger partial charge in [0.05, 0.1) is 11.0 Å². The predicted octanol–water partition coefficient (Wildman–Crippen LogP) is 1.55. The molecule has 1 aromatic heterocycles. The molecule has 18 heavy (non-hydrogen) atoms. The van der Waals surface area contributed by atoms with Crippen LogP contribution in [0, 0.1) is 0 Å². The van der Waals surface area contributed by atoms with Crippen LogP contribution in [0.15, 0.2) is 18.2 Å². The summed E-state index contributed by atoms with van der Waals surface area (Å²) in [6, 6.07) is 6.63.